The first-order valence-electron chi connectivity index (χ1n) is 17.6. The van der Waals surface area contributed by atoms with Gasteiger partial charge in [-0.25, -0.2) is 4.79 Å². The maximum atomic E-state index is 13.1. The fourth-order valence-electron chi connectivity index (χ4n) is 12.5. The summed E-state index contributed by atoms with van der Waals surface area (Å²) in [7, 11) is 1.53. The standard InChI is InChI=1S/C40H58O4/c1-26(2)10-9-11-27(3)29-18-20-38(7)33-16-15-32-36(4,5)34(19-21-39(32)25-40(33,39)23-22-37(29,38)6)44-35(42)17-13-28-12-14-30(41)31(24-28)43-8/h10,12-14,17,24,27,29,32-34,41H,9,11,15-16,18-23,25H2,1-8H3/b17-13+/t27-,29-,32+,33+,34+,37-,38+,39-,40?/m1/s1. The number of hydrogen-bond donors (Lipinski definition) is 1. The molecule has 4 nitrogen and oxygen atoms in total. The van der Waals surface area contributed by atoms with Crippen LogP contribution < -0.4 is 4.74 Å². The molecule has 5 aliphatic rings. The van der Waals surface area contributed by atoms with Gasteiger partial charge < -0.3 is 14.6 Å². The van der Waals surface area contributed by atoms with Crippen molar-refractivity contribution in [3.05, 3.63) is 41.5 Å². The topological polar surface area (TPSA) is 55.8 Å². The molecule has 1 aromatic carbocycles. The zero-order valence-electron chi connectivity index (χ0n) is 28.8. The highest BCUT2D eigenvalue weighted by Gasteiger charge is 2.82. The van der Waals surface area contributed by atoms with Gasteiger partial charge in [-0.2, -0.15) is 0 Å². The van der Waals surface area contributed by atoms with Gasteiger partial charge in [0.15, 0.2) is 11.5 Å². The quantitative estimate of drug-likeness (QED) is 0.183. The fraction of sp³-hybridized carbons (Fsp3) is 0.725. The molecule has 0 heterocycles. The van der Waals surface area contributed by atoms with E-state index in [-0.39, 0.29) is 23.2 Å². The summed E-state index contributed by atoms with van der Waals surface area (Å²) in [6.45, 7) is 17.2. The molecule has 1 N–H and O–H groups in total. The largest absolute Gasteiger partial charge is 0.504 e. The first-order chi connectivity index (χ1) is 20.7. The molecule has 4 heteroatoms. The number of aromatic hydroxyl groups is 1. The van der Waals surface area contributed by atoms with Crippen molar-refractivity contribution in [1.29, 1.82) is 0 Å². The molecule has 0 amide bonds. The number of methoxy groups -OCH3 is 1. The van der Waals surface area contributed by atoms with E-state index in [1.54, 1.807) is 24.3 Å². The molecule has 5 fully saturated rings. The van der Waals surface area contributed by atoms with Gasteiger partial charge in [-0.1, -0.05) is 52.3 Å². The third-order valence-corrected chi connectivity index (χ3v) is 14.8. The van der Waals surface area contributed by atoms with Gasteiger partial charge in [0.2, 0.25) is 0 Å². The van der Waals surface area contributed by atoms with Crippen molar-refractivity contribution < 1.29 is 19.4 Å². The molecule has 5 saturated carbocycles. The van der Waals surface area contributed by atoms with Crippen molar-refractivity contribution in [2.45, 2.75) is 125 Å². The second-order valence-corrected chi connectivity index (χ2v) is 17.0. The highest BCUT2D eigenvalue weighted by atomic mass is 16.5. The molecular weight excluding hydrogens is 544 g/mol. The summed E-state index contributed by atoms with van der Waals surface area (Å²) in [5, 5.41) is 9.88. The van der Waals surface area contributed by atoms with Crippen LogP contribution in [-0.2, 0) is 9.53 Å². The smallest absolute Gasteiger partial charge is 0.331 e. The number of benzene rings is 1. The van der Waals surface area contributed by atoms with Gasteiger partial charge in [-0.15, -0.1) is 0 Å². The monoisotopic (exact) mass is 602 g/mol. The highest BCUT2D eigenvalue weighted by Crippen LogP contribution is 2.89. The van der Waals surface area contributed by atoms with Crippen LogP contribution in [0.3, 0.4) is 0 Å². The van der Waals surface area contributed by atoms with Crippen molar-refractivity contribution in [2.75, 3.05) is 7.11 Å². The SMILES string of the molecule is COc1cc(/C=C/C(=O)O[C@H]2CC[C@]34CC35CC[C@]3(C)[C@@H]([C@H](C)CCC=C(C)C)CC[C@@]3(C)[C@@H]5CC[C@H]4C2(C)C)ccc1O. The van der Waals surface area contributed by atoms with Crippen LogP contribution >= 0.6 is 0 Å². The predicted molar refractivity (Wildman–Crippen MR) is 178 cm³/mol. The van der Waals surface area contributed by atoms with E-state index in [0.29, 0.717) is 33.3 Å². The number of esters is 1. The lowest BCUT2D eigenvalue weighted by molar-refractivity contribution is -0.179. The molecule has 0 saturated heterocycles. The number of fused-ring (bicyclic) bond motifs is 2. The molecule has 0 aromatic heterocycles. The Hall–Kier alpha value is -2.23. The number of ether oxygens (including phenoxy) is 2. The van der Waals surface area contributed by atoms with Gasteiger partial charge in [0.25, 0.3) is 0 Å². The third kappa shape index (κ3) is 4.62. The van der Waals surface area contributed by atoms with E-state index in [1.807, 2.05) is 0 Å². The van der Waals surface area contributed by atoms with E-state index in [1.165, 1.54) is 83.0 Å². The first-order valence-corrected chi connectivity index (χ1v) is 17.6. The Balaban J connectivity index is 1.15. The maximum absolute atomic E-state index is 13.1. The number of allylic oxidation sites excluding steroid dienone is 2. The zero-order valence-corrected chi connectivity index (χ0v) is 28.8. The van der Waals surface area contributed by atoms with E-state index in [2.05, 4.69) is 54.5 Å². The molecule has 5 aliphatic carbocycles. The number of rotatable bonds is 8. The lowest BCUT2D eigenvalue weighted by Gasteiger charge is -2.63. The lowest BCUT2D eigenvalue weighted by atomic mass is 9.41. The van der Waals surface area contributed by atoms with Gasteiger partial charge in [-0.3, -0.25) is 0 Å². The van der Waals surface area contributed by atoms with Gasteiger partial charge in [0, 0.05) is 11.5 Å². The summed E-state index contributed by atoms with van der Waals surface area (Å²) in [6, 6.07) is 5.09. The van der Waals surface area contributed by atoms with Crippen molar-refractivity contribution in [1.82, 2.24) is 0 Å². The van der Waals surface area contributed by atoms with Gasteiger partial charge in [0.05, 0.1) is 7.11 Å². The van der Waals surface area contributed by atoms with Crippen molar-refractivity contribution in [3.8, 4) is 11.5 Å². The van der Waals surface area contributed by atoms with Crippen LogP contribution in [0.25, 0.3) is 6.08 Å². The number of phenolic OH excluding ortho intramolecular Hbond substituents is 1. The van der Waals surface area contributed by atoms with Crippen LogP contribution in [0.1, 0.15) is 125 Å². The highest BCUT2D eigenvalue weighted by molar-refractivity contribution is 5.87. The van der Waals surface area contributed by atoms with Crippen molar-refractivity contribution in [2.24, 2.45) is 50.7 Å². The summed E-state index contributed by atoms with van der Waals surface area (Å²) in [6.07, 6.45) is 20.1. The Bertz CT molecular complexity index is 1340. The molecule has 2 spiro atoms. The molecular formula is C40H58O4. The maximum Gasteiger partial charge on any atom is 0.331 e. The van der Waals surface area contributed by atoms with Crippen LogP contribution in [0.4, 0.5) is 0 Å². The Kier molecular flexibility index (Phi) is 7.89. The third-order valence-electron chi connectivity index (χ3n) is 14.8. The molecule has 0 radical (unpaired) electrons. The van der Waals surface area contributed by atoms with Crippen molar-refractivity contribution in [3.63, 3.8) is 0 Å². The normalized spacial score (nSPS) is 40.6. The predicted octanol–water partition coefficient (Wildman–Crippen LogP) is 10.1. The summed E-state index contributed by atoms with van der Waals surface area (Å²) >= 11 is 0. The van der Waals surface area contributed by atoms with Crippen LogP contribution in [0.2, 0.25) is 0 Å². The average Bonchev–Trinajstić information content (AvgIpc) is 3.55. The molecule has 0 bridgehead atoms. The molecule has 0 aliphatic heterocycles. The average molecular weight is 603 g/mol. The van der Waals surface area contributed by atoms with Gasteiger partial charge in [0.1, 0.15) is 6.10 Å². The minimum Gasteiger partial charge on any atom is -0.504 e. The Morgan fingerprint density at radius 1 is 0.977 bits per heavy atom. The Morgan fingerprint density at radius 3 is 2.43 bits per heavy atom. The minimum absolute atomic E-state index is 0.0305. The summed E-state index contributed by atoms with van der Waals surface area (Å²) in [4.78, 5) is 13.1. The molecule has 6 rings (SSSR count). The molecule has 44 heavy (non-hydrogen) atoms. The van der Waals surface area contributed by atoms with E-state index in [9.17, 15) is 9.90 Å². The van der Waals surface area contributed by atoms with Gasteiger partial charge in [-0.05, 0) is 154 Å². The van der Waals surface area contributed by atoms with Crippen LogP contribution in [0.5, 0.6) is 11.5 Å². The number of carbonyl (C=O) groups excluding carboxylic acids is 1. The molecule has 1 unspecified atom stereocenters. The fourth-order valence-corrected chi connectivity index (χ4v) is 12.5. The summed E-state index contributed by atoms with van der Waals surface area (Å²) in [5.41, 5.74) is 4.08. The second kappa shape index (κ2) is 10.9. The number of hydrogen-bond acceptors (Lipinski definition) is 4. The Morgan fingerprint density at radius 2 is 1.70 bits per heavy atom. The van der Waals surface area contributed by atoms with Crippen LogP contribution in [0, 0.1) is 50.7 Å². The molecule has 242 valence electrons. The Labute approximate surface area is 267 Å². The van der Waals surface area contributed by atoms with E-state index < -0.39 is 0 Å². The lowest BCUT2D eigenvalue weighted by Crippen LogP contribution is -2.58. The van der Waals surface area contributed by atoms with E-state index >= 15 is 0 Å². The van der Waals surface area contributed by atoms with Crippen LogP contribution in [0.15, 0.2) is 35.9 Å². The van der Waals surface area contributed by atoms with Crippen molar-refractivity contribution >= 4 is 12.0 Å². The summed E-state index contributed by atoms with van der Waals surface area (Å²) < 4.78 is 11.4. The molecule has 1 aromatic rings. The first kappa shape index (κ1) is 31.7. The minimum atomic E-state index is -0.276. The number of carbonyl (C=O) groups is 1. The second-order valence-electron chi connectivity index (χ2n) is 17.0. The molecule has 9 atom stereocenters. The van der Waals surface area contributed by atoms with Gasteiger partial charge >= 0.3 is 5.97 Å². The van der Waals surface area contributed by atoms with E-state index in [0.717, 1.165) is 29.7 Å². The zero-order chi connectivity index (χ0) is 31.7. The van der Waals surface area contributed by atoms with E-state index in [4.69, 9.17) is 9.47 Å². The summed E-state index contributed by atoms with van der Waals surface area (Å²) in [5.74, 6) is 3.33. The van der Waals surface area contributed by atoms with Crippen LogP contribution in [-0.4, -0.2) is 24.3 Å². The number of phenols is 1.